The second-order valence-corrected chi connectivity index (χ2v) is 6.75. The molecule has 0 spiro atoms. The van der Waals surface area contributed by atoms with Crippen molar-refractivity contribution in [3.8, 4) is 5.75 Å². The van der Waals surface area contributed by atoms with E-state index in [0.29, 0.717) is 6.54 Å². The minimum atomic E-state index is -0.224. The van der Waals surface area contributed by atoms with Crippen molar-refractivity contribution in [2.45, 2.75) is 19.3 Å². The van der Waals surface area contributed by atoms with Crippen molar-refractivity contribution in [1.29, 1.82) is 0 Å². The van der Waals surface area contributed by atoms with E-state index in [-0.39, 0.29) is 11.4 Å². The Labute approximate surface area is 145 Å². The molecule has 2 N–H and O–H groups in total. The fourth-order valence-electron chi connectivity index (χ4n) is 2.17. The smallest absolute Gasteiger partial charge is 0.319 e. The summed E-state index contributed by atoms with van der Waals surface area (Å²) >= 11 is 3.41. The molecule has 0 aliphatic carbocycles. The van der Waals surface area contributed by atoms with Crippen molar-refractivity contribution < 1.29 is 9.53 Å². The zero-order valence-electron chi connectivity index (χ0n) is 13.5. The number of urea groups is 1. The minimum absolute atomic E-state index is 0.183. The Bertz CT molecular complexity index is 669. The molecule has 0 saturated heterocycles. The molecule has 2 rings (SSSR count). The molecule has 122 valence electrons. The van der Waals surface area contributed by atoms with E-state index in [2.05, 4.69) is 40.4 Å². The Hall–Kier alpha value is -2.01. The van der Waals surface area contributed by atoms with Crippen LogP contribution in [0.15, 0.2) is 53.0 Å². The second-order valence-electron chi connectivity index (χ2n) is 5.90. The highest BCUT2D eigenvalue weighted by Gasteiger charge is 2.21. The van der Waals surface area contributed by atoms with Crippen LogP contribution in [-0.4, -0.2) is 19.7 Å². The molecule has 0 aliphatic rings. The summed E-state index contributed by atoms with van der Waals surface area (Å²) in [4.78, 5) is 12.1. The maximum Gasteiger partial charge on any atom is 0.319 e. The molecule has 0 saturated carbocycles. The number of ether oxygens (including phenoxy) is 1. The van der Waals surface area contributed by atoms with E-state index in [9.17, 15) is 4.79 Å². The van der Waals surface area contributed by atoms with E-state index in [1.165, 1.54) is 0 Å². The van der Waals surface area contributed by atoms with E-state index in [1.807, 2.05) is 48.5 Å². The van der Waals surface area contributed by atoms with Gasteiger partial charge in [-0.2, -0.15) is 0 Å². The summed E-state index contributed by atoms with van der Waals surface area (Å²) < 4.78 is 6.02. The van der Waals surface area contributed by atoms with Crippen molar-refractivity contribution >= 4 is 27.6 Å². The summed E-state index contributed by atoms with van der Waals surface area (Å²) in [6.45, 7) is 4.71. The van der Waals surface area contributed by atoms with Crippen LogP contribution < -0.4 is 15.4 Å². The maximum absolute atomic E-state index is 12.1. The number of halogens is 1. The van der Waals surface area contributed by atoms with Gasteiger partial charge in [0.2, 0.25) is 0 Å². The maximum atomic E-state index is 12.1. The number of amides is 2. The average Bonchev–Trinajstić information content (AvgIpc) is 2.55. The summed E-state index contributed by atoms with van der Waals surface area (Å²) in [6.07, 6.45) is 0. The number of anilines is 1. The van der Waals surface area contributed by atoms with Crippen LogP contribution in [0.25, 0.3) is 0 Å². The Morgan fingerprint density at radius 1 is 1.13 bits per heavy atom. The molecule has 0 fully saturated rings. The molecular weight excluding hydrogens is 356 g/mol. The lowest BCUT2D eigenvalue weighted by Crippen LogP contribution is -2.39. The Balaban J connectivity index is 1.95. The van der Waals surface area contributed by atoms with Crippen molar-refractivity contribution in [3.63, 3.8) is 0 Å². The van der Waals surface area contributed by atoms with E-state index >= 15 is 0 Å². The molecule has 0 aromatic heterocycles. The van der Waals surface area contributed by atoms with Crippen LogP contribution in [0.5, 0.6) is 5.75 Å². The van der Waals surface area contributed by atoms with E-state index in [0.717, 1.165) is 21.5 Å². The lowest BCUT2D eigenvalue weighted by molar-refractivity contribution is 0.249. The first kappa shape index (κ1) is 17.3. The normalized spacial score (nSPS) is 11.0. The predicted octanol–water partition coefficient (Wildman–Crippen LogP) is 4.56. The summed E-state index contributed by atoms with van der Waals surface area (Å²) in [5, 5.41) is 5.76. The Kier molecular flexibility index (Phi) is 5.66. The molecule has 0 unspecified atom stereocenters. The Morgan fingerprint density at radius 2 is 1.78 bits per heavy atom. The number of methoxy groups -OCH3 is 1. The molecule has 2 aromatic carbocycles. The zero-order valence-corrected chi connectivity index (χ0v) is 15.1. The van der Waals surface area contributed by atoms with E-state index in [1.54, 1.807) is 7.11 Å². The first-order chi connectivity index (χ1) is 10.9. The number of rotatable bonds is 5. The van der Waals surface area contributed by atoms with Crippen LogP contribution in [0.3, 0.4) is 0 Å². The fraction of sp³-hybridized carbons (Fsp3) is 0.278. The van der Waals surface area contributed by atoms with E-state index < -0.39 is 0 Å². The fourth-order valence-corrected chi connectivity index (χ4v) is 2.56. The van der Waals surface area contributed by atoms with Crippen LogP contribution in [0.1, 0.15) is 19.4 Å². The van der Waals surface area contributed by atoms with Gasteiger partial charge in [0.1, 0.15) is 5.75 Å². The highest BCUT2D eigenvalue weighted by molar-refractivity contribution is 9.10. The third kappa shape index (κ3) is 4.73. The summed E-state index contributed by atoms with van der Waals surface area (Å²) in [7, 11) is 1.65. The van der Waals surface area contributed by atoms with Gasteiger partial charge < -0.3 is 15.4 Å². The van der Waals surface area contributed by atoms with Gasteiger partial charge in [0.05, 0.1) is 12.8 Å². The molecule has 2 amide bonds. The van der Waals surface area contributed by atoms with Gasteiger partial charge >= 0.3 is 6.03 Å². The van der Waals surface area contributed by atoms with Gasteiger partial charge in [-0.1, -0.05) is 38.1 Å². The number of hydrogen-bond donors (Lipinski definition) is 2. The van der Waals surface area contributed by atoms with Crippen LogP contribution in [-0.2, 0) is 5.41 Å². The van der Waals surface area contributed by atoms with Gasteiger partial charge in [0.15, 0.2) is 0 Å². The monoisotopic (exact) mass is 376 g/mol. The van der Waals surface area contributed by atoms with Gasteiger partial charge in [-0.15, -0.1) is 0 Å². The summed E-state index contributed by atoms with van der Waals surface area (Å²) in [5.41, 5.74) is 1.70. The van der Waals surface area contributed by atoms with Gasteiger partial charge in [0.25, 0.3) is 0 Å². The number of nitrogens with one attached hydrogen (secondary N) is 2. The highest BCUT2D eigenvalue weighted by atomic mass is 79.9. The van der Waals surface area contributed by atoms with Crippen LogP contribution in [0, 0.1) is 0 Å². The number of benzene rings is 2. The molecule has 0 atom stereocenters. The molecule has 0 heterocycles. The quantitative estimate of drug-likeness (QED) is 0.803. The zero-order chi connectivity index (χ0) is 16.9. The molecular formula is C18H21BrN2O2. The molecule has 2 aromatic rings. The lowest BCUT2D eigenvalue weighted by Gasteiger charge is -2.26. The van der Waals surface area contributed by atoms with Gasteiger partial charge in [-0.05, 0) is 45.8 Å². The highest BCUT2D eigenvalue weighted by Crippen LogP contribution is 2.25. The summed E-state index contributed by atoms with van der Waals surface area (Å²) in [6, 6.07) is 15.2. The van der Waals surface area contributed by atoms with Crippen molar-refractivity contribution in [2.75, 3.05) is 19.0 Å². The van der Waals surface area contributed by atoms with Gasteiger partial charge in [-0.25, -0.2) is 4.79 Å². The van der Waals surface area contributed by atoms with Crippen LogP contribution >= 0.6 is 15.9 Å². The molecule has 0 bridgehead atoms. The van der Waals surface area contributed by atoms with Gasteiger partial charge in [0, 0.05) is 16.4 Å². The average molecular weight is 377 g/mol. The number of carbonyl (C=O) groups excluding carboxylic acids is 1. The first-order valence-corrected chi connectivity index (χ1v) is 8.15. The topological polar surface area (TPSA) is 50.4 Å². The predicted molar refractivity (Wildman–Crippen MR) is 97.2 cm³/mol. The molecule has 0 radical (unpaired) electrons. The molecule has 23 heavy (non-hydrogen) atoms. The SMILES string of the molecule is COc1ccc(C(C)(C)CNC(=O)Nc2ccccc2Br)cc1. The van der Waals surface area contributed by atoms with Crippen molar-refractivity contribution in [3.05, 3.63) is 58.6 Å². The van der Waals surface area contributed by atoms with Crippen LogP contribution in [0.4, 0.5) is 10.5 Å². The molecule has 4 nitrogen and oxygen atoms in total. The molecule has 0 aliphatic heterocycles. The van der Waals surface area contributed by atoms with Gasteiger partial charge in [-0.3, -0.25) is 0 Å². The van der Waals surface area contributed by atoms with E-state index in [4.69, 9.17) is 4.74 Å². The largest absolute Gasteiger partial charge is 0.497 e. The number of para-hydroxylation sites is 1. The van der Waals surface area contributed by atoms with Crippen LogP contribution in [0.2, 0.25) is 0 Å². The van der Waals surface area contributed by atoms with Crippen molar-refractivity contribution in [2.24, 2.45) is 0 Å². The standard InChI is InChI=1S/C18H21BrN2O2/c1-18(2,13-8-10-14(23-3)11-9-13)12-20-17(22)21-16-7-5-4-6-15(16)19/h4-11H,12H2,1-3H3,(H2,20,21,22). The third-order valence-corrected chi connectivity index (χ3v) is 4.38. The number of hydrogen-bond acceptors (Lipinski definition) is 2. The lowest BCUT2D eigenvalue weighted by atomic mass is 9.84. The summed E-state index contributed by atoms with van der Waals surface area (Å²) in [5.74, 6) is 0.823. The minimum Gasteiger partial charge on any atom is -0.497 e. The third-order valence-electron chi connectivity index (χ3n) is 3.68. The molecule has 5 heteroatoms. The Morgan fingerprint density at radius 3 is 2.39 bits per heavy atom. The second kappa shape index (κ2) is 7.51. The number of carbonyl (C=O) groups is 1. The van der Waals surface area contributed by atoms with Crippen molar-refractivity contribution in [1.82, 2.24) is 5.32 Å². The first-order valence-electron chi connectivity index (χ1n) is 7.36.